The van der Waals surface area contributed by atoms with Crippen molar-refractivity contribution in [2.24, 2.45) is 7.05 Å². The molecule has 0 spiro atoms. The maximum Gasteiger partial charge on any atom is 0.147 e. The largest absolute Gasteiger partial charge is 0.455 e. The van der Waals surface area contributed by atoms with E-state index in [1.807, 2.05) is 55.6 Å². The molecule has 3 nitrogen and oxygen atoms in total. The first kappa shape index (κ1) is 18.9. The van der Waals surface area contributed by atoms with Gasteiger partial charge >= 0.3 is 0 Å². The van der Waals surface area contributed by atoms with Gasteiger partial charge < -0.3 is 4.74 Å². The lowest BCUT2D eigenvalue weighted by atomic mass is 10.0. The van der Waals surface area contributed by atoms with Gasteiger partial charge in [-0.05, 0) is 30.3 Å². The van der Waals surface area contributed by atoms with Gasteiger partial charge in [0.15, 0.2) is 0 Å². The smallest absolute Gasteiger partial charge is 0.147 e. The Labute approximate surface area is 178 Å². The number of hydrogen-bond donors (Lipinski definition) is 0. The minimum Gasteiger partial charge on any atom is -0.455 e. The average Bonchev–Trinajstić information content (AvgIpc) is 3.07. The van der Waals surface area contributed by atoms with Crippen molar-refractivity contribution in [3.63, 3.8) is 0 Å². The predicted octanol–water partition coefficient (Wildman–Crippen LogP) is 7.51. The Hall–Kier alpha value is -2.46. The van der Waals surface area contributed by atoms with Crippen LogP contribution < -0.4 is 4.74 Å². The van der Waals surface area contributed by atoms with Crippen LogP contribution in [0.5, 0.6) is 11.5 Å². The average molecular weight is 430 g/mol. The number of benzene rings is 3. The first-order chi connectivity index (χ1) is 13.5. The van der Waals surface area contributed by atoms with Crippen LogP contribution in [0.25, 0.3) is 22.4 Å². The van der Waals surface area contributed by atoms with E-state index in [4.69, 9.17) is 39.5 Å². The van der Waals surface area contributed by atoms with E-state index in [9.17, 15) is 0 Å². The summed E-state index contributed by atoms with van der Waals surface area (Å²) in [6.07, 6.45) is 1.81. The molecule has 28 heavy (non-hydrogen) atoms. The van der Waals surface area contributed by atoms with E-state index in [-0.39, 0.29) is 0 Å². The van der Waals surface area contributed by atoms with Crippen molar-refractivity contribution in [1.29, 1.82) is 0 Å². The van der Waals surface area contributed by atoms with Crippen molar-refractivity contribution in [3.05, 3.63) is 88.0 Å². The van der Waals surface area contributed by atoms with Crippen molar-refractivity contribution in [1.82, 2.24) is 9.78 Å². The number of aryl methyl sites for hydroxylation is 1. The van der Waals surface area contributed by atoms with Crippen LogP contribution in [0.15, 0.2) is 72.9 Å². The van der Waals surface area contributed by atoms with E-state index >= 15 is 0 Å². The summed E-state index contributed by atoms with van der Waals surface area (Å²) in [4.78, 5) is 0. The molecule has 0 N–H and O–H groups in total. The van der Waals surface area contributed by atoms with Crippen LogP contribution in [-0.4, -0.2) is 9.78 Å². The van der Waals surface area contributed by atoms with E-state index in [1.165, 1.54) is 0 Å². The van der Waals surface area contributed by atoms with Gasteiger partial charge in [0.25, 0.3) is 0 Å². The number of ether oxygens (including phenoxy) is 1. The number of para-hydroxylation sites is 1. The van der Waals surface area contributed by atoms with Gasteiger partial charge in [-0.2, -0.15) is 5.10 Å². The summed E-state index contributed by atoms with van der Waals surface area (Å²) in [6.45, 7) is 0. The van der Waals surface area contributed by atoms with Crippen molar-refractivity contribution in [2.75, 3.05) is 0 Å². The Morgan fingerprint density at radius 2 is 1.46 bits per heavy atom. The summed E-state index contributed by atoms with van der Waals surface area (Å²) in [6, 6.07) is 20.5. The molecule has 0 bridgehead atoms. The van der Waals surface area contributed by atoms with E-state index < -0.39 is 0 Å². The summed E-state index contributed by atoms with van der Waals surface area (Å²) in [5, 5.41) is 6.14. The highest BCUT2D eigenvalue weighted by atomic mass is 35.5. The second-order valence-electron chi connectivity index (χ2n) is 6.18. The molecule has 0 saturated heterocycles. The number of aromatic nitrogens is 2. The molecule has 0 fully saturated rings. The molecule has 3 aromatic carbocycles. The monoisotopic (exact) mass is 428 g/mol. The molecule has 4 aromatic rings. The van der Waals surface area contributed by atoms with Gasteiger partial charge in [0, 0.05) is 39.8 Å². The van der Waals surface area contributed by atoms with Gasteiger partial charge in [-0.25, -0.2) is 0 Å². The maximum atomic E-state index is 6.43. The zero-order valence-electron chi connectivity index (χ0n) is 14.9. The first-order valence-corrected chi connectivity index (χ1v) is 9.67. The molecule has 0 aliphatic heterocycles. The normalized spacial score (nSPS) is 10.9. The minimum atomic E-state index is 0.482. The van der Waals surface area contributed by atoms with Crippen LogP contribution in [0, 0.1) is 0 Å². The lowest BCUT2D eigenvalue weighted by Gasteiger charge is -2.14. The Balaban J connectivity index is 1.85. The molecule has 0 atom stereocenters. The van der Waals surface area contributed by atoms with Crippen LogP contribution in [0.1, 0.15) is 0 Å². The highest BCUT2D eigenvalue weighted by Gasteiger charge is 2.19. The van der Waals surface area contributed by atoms with Crippen molar-refractivity contribution < 1.29 is 4.74 Å². The third kappa shape index (κ3) is 3.61. The quantitative estimate of drug-likeness (QED) is 0.335. The fourth-order valence-corrected chi connectivity index (χ4v) is 3.61. The lowest BCUT2D eigenvalue weighted by Crippen LogP contribution is -1.97. The summed E-state index contributed by atoms with van der Waals surface area (Å²) >= 11 is 18.8. The molecule has 0 aliphatic carbocycles. The van der Waals surface area contributed by atoms with Crippen molar-refractivity contribution in [3.8, 4) is 33.9 Å². The summed E-state index contributed by atoms with van der Waals surface area (Å²) in [5.41, 5.74) is 3.58. The second-order valence-corrected chi connectivity index (χ2v) is 7.43. The SMILES string of the molecule is Cn1ncc(-c2ccccc2Cl)c1-c1ccccc1Oc1cc(Cl)ccc1Cl. The highest BCUT2D eigenvalue weighted by molar-refractivity contribution is 6.34. The molecular weight excluding hydrogens is 415 g/mol. The fourth-order valence-electron chi connectivity index (χ4n) is 3.06. The summed E-state index contributed by atoms with van der Waals surface area (Å²) < 4.78 is 7.94. The Kier molecular flexibility index (Phi) is 5.31. The predicted molar refractivity (Wildman–Crippen MR) is 116 cm³/mol. The zero-order chi connectivity index (χ0) is 19.7. The van der Waals surface area contributed by atoms with Gasteiger partial charge in [0.05, 0.1) is 16.9 Å². The van der Waals surface area contributed by atoms with E-state index in [1.54, 1.807) is 29.1 Å². The molecule has 0 amide bonds. The standard InChI is InChI=1S/C22H15Cl3N2O/c1-27-22(17(13-26-27)15-6-2-4-8-18(15)24)16-7-3-5-9-20(16)28-21-12-14(23)10-11-19(21)25/h2-13H,1H3. The van der Waals surface area contributed by atoms with Crippen LogP contribution in [0.2, 0.25) is 15.1 Å². The van der Waals surface area contributed by atoms with Crippen LogP contribution in [-0.2, 0) is 7.05 Å². The third-order valence-electron chi connectivity index (χ3n) is 4.36. The molecular formula is C22H15Cl3N2O. The van der Waals surface area contributed by atoms with Gasteiger partial charge in [-0.15, -0.1) is 0 Å². The van der Waals surface area contributed by atoms with Crippen LogP contribution in [0.3, 0.4) is 0 Å². The molecule has 0 aliphatic rings. The number of halogens is 3. The number of nitrogens with zero attached hydrogens (tertiary/aromatic N) is 2. The molecule has 140 valence electrons. The molecule has 6 heteroatoms. The number of rotatable bonds is 4. The topological polar surface area (TPSA) is 27.1 Å². The van der Waals surface area contributed by atoms with Crippen molar-refractivity contribution in [2.45, 2.75) is 0 Å². The second kappa shape index (κ2) is 7.88. The van der Waals surface area contributed by atoms with Gasteiger partial charge in [0.2, 0.25) is 0 Å². The highest BCUT2D eigenvalue weighted by Crippen LogP contribution is 2.41. The Morgan fingerprint density at radius 1 is 0.750 bits per heavy atom. The number of hydrogen-bond acceptors (Lipinski definition) is 2. The fraction of sp³-hybridized carbons (Fsp3) is 0.0455. The Bertz CT molecular complexity index is 1150. The Morgan fingerprint density at radius 3 is 2.25 bits per heavy atom. The van der Waals surface area contributed by atoms with Crippen LogP contribution in [0.4, 0.5) is 0 Å². The van der Waals surface area contributed by atoms with E-state index in [0.717, 1.165) is 22.4 Å². The molecule has 0 unspecified atom stereocenters. The molecule has 4 rings (SSSR count). The van der Waals surface area contributed by atoms with E-state index in [2.05, 4.69) is 5.10 Å². The molecule has 0 saturated carbocycles. The minimum absolute atomic E-state index is 0.482. The maximum absolute atomic E-state index is 6.43. The molecule has 0 radical (unpaired) electrons. The van der Waals surface area contributed by atoms with E-state index in [0.29, 0.717) is 26.6 Å². The van der Waals surface area contributed by atoms with Gasteiger partial charge in [-0.3, -0.25) is 4.68 Å². The van der Waals surface area contributed by atoms with Gasteiger partial charge in [0.1, 0.15) is 11.5 Å². The summed E-state index contributed by atoms with van der Waals surface area (Å²) in [7, 11) is 1.89. The molecule has 1 heterocycles. The lowest BCUT2D eigenvalue weighted by molar-refractivity contribution is 0.484. The molecule has 1 aromatic heterocycles. The summed E-state index contributed by atoms with van der Waals surface area (Å²) in [5.74, 6) is 1.13. The third-order valence-corrected chi connectivity index (χ3v) is 5.24. The zero-order valence-corrected chi connectivity index (χ0v) is 17.1. The van der Waals surface area contributed by atoms with Crippen LogP contribution >= 0.6 is 34.8 Å². The van der Waals surface area contributed by atoms with Crippen molar-refractivity contribution >= 4 is 34.8 Å². The first-order valence-electron chi connectivity index (χ1n) is 8.54. The van der Waals surface area contributed by atoms with Gasteiger partial charge in [-0.1, -0.05) is 65.1 Å².